The molecule has 2 atom stereocenters. The molecule has 4 nitrogen and oxygen atoms in total. The van der Waals surface area contributed by atoms with Crippen LogP contribution in [-0.2, 0) is 14.3 Å². The lowest BCUT2D eigenvalue weighted by atomic mass is 10.1. The Balaban J connectivity index is 2.77. The van der Waals surface area contributed by atoms with Crippen LogP contribution in [0.5, 0.6) is 0 Å². The Morgan fingerprint density at radius 2 is 2.00 bits per heavy atom. The van der Waals surface area contributed by atoms with Gasteiger partial charge in [0.15, 0.2) is 0 Å². The van der Waals surface area contributed by atoms with Crippen LogP contribution in [0.1, 0.15) is 6.92 Å². The maximum Gasteiger partial charge on any atom is 0.331 e. The van der Waals surface area contributed by atoms with Crippen LogP contribution in [0.3, 0.4) is 0 Å². The molecule has 0 bridgehead atoms. The molecule has 0 aromatic heterocycles. The number of nitrogens with two attached hydrogens (primary N) is 1. The molecule has 4 heteroatoms. The molecular formula is C5H7NO3. The Labute approximate surface area is 52.0 Å². The zero-order chi connectivity index (χ0) is 7.02. The van der Waals surface area contributed by atoms with Gasteiger partial charge in [-0.1, -0.05) is 0 Å². The summed E-state index contributed by atoms with van der Waals surface area (Å²) in [5, 5.41) is 0. The molecule has 0 aromatic rings. The van der Waals surface area contributed by atoms with Gasteiger partial charge in [0.1, 0.15) is 6.04 Å². The van der Waals surface area contributed by atoms with Gasteiger partial charge < -0.3 is 10.5 Å². The minimum atomic E-state index is -0.752. The Kier molecular flexibility index (Phi) is 1.25. The van der Waals surface area contributed by atoms with Crippen LogP contribution in [0.4, 0.5) is 0 Å². The van der Waals surface area contributed by atoms with Crippen molar-refractivity contribution in [2.45, 2.75) is 13.0 Å². The van der Waals surface area contributed by atoms with E-state index in [1.165, 1.54) is 0 Å². The summed E-state index contributed by atoms with van der Waals surface area (Å²) in [5.41, 5.74) is 5.22. The van der Waals surface area contributed by atoms with Gasteiger partial charge >= 0.3 is 11.9 Å². The average Bonchev–Trinajstić information content (AvgIpc) is 1.98. The Hall–Kier alpha value is -0.900. The minimum Gasteiger partial charge on any atom is -0.392 e. The van der Waals surface area contributed by atoms with Gasteiger partial charge in [0.25, 0.3) is 0 Å². The smallest absolute Gasteiger partial charge is 0.331 e. The summed E-state index contributed by atoms with van der Waals surface area (Å²) in [6.07, 6.45) is 0. The molecule has 50 valence electrons. The van der Waals surface area contributed by atoms with E-state index in [4.69, 9.17) is 5.73 Å². The van der Waals surface area contributed by atoms with Crippen molar-refractivity contribution in [3.8, 4) is 0 Å². The quantitative estimate of drug-likeness (QED) is 0.337. The van der Waals surface area contributed by atoms with Crippen LogP contribution >= 0.6 is 0 Å². The first-order chi connectivity index (χ1) is 4.13. The van der Waals surface area contributed by atoms with E-state index < -0.39 is 23.9 Å². The molecule has 0 radical (unpaired) electrons. The molecule has 0 aliphatic carbocycles. The Morgan fingerprint density at radius 3 is 2.11 bits per heavy atom. The first kappa shape index (κ1) is 6.22. The maximum absolute atomic E-state index is 10.5. The topological polar surface area (TPSA) is 69.4 Å². The number of hydrogen-bond donors (Lipinski definition) is 1. The zero-order valence-electron chi connectivity index (χ0n) is 4.96. The summed E-state index contributed by atoms with van der Waals surface area (Å²) < 4.78 is 4.18. The van der Waals surface area contributed by atoms with Gasteiger partial charge in [-0.25, -0.2) is 4.79 Å². The van der Waals surface area contributed by atoms with Gasteiger partial charge in [-0.2, -0.15) is 0 Å². The van der Waals surface area contributed by atoms with Crippen LogP contribution in [0.15, 0.2) is 0 Å². The van der Waals surface area contributed by atoms with Crippen molar-refractivity contribution < 1.29 is 14.3 Å². The number of hydrogen-bond acceptors (Lipinski definition) is 4. The lowest BCUT2D eigenvalue weighted by Gasteiger charge is -1.97. The first-order valence-corrected chi connectivity index (χ1v) is 2.64. The fraction of sp³-hybridized carbons (Fsp3) is 0.600. The van der Waals surface area contributed by atoms with E-state index in [1.807, 2.05) is 0 Å². The van der Waals surface area contributed by atoms with Crippen LogP contribution < -0.4 is 5.73 Å². The van der Waals surface area contributed by atoms with Gasteiger partial charge in [0.05, 0.1) is 5.92 Å². The molecule has 9 heavy (non-hydrogen) atoms. The maximum atomic E-state index is 10.5. The molecule has 1 saturated heterocycles. The second kappa shape index (κ2) is 1.80. The highest BCUT2D eigenvalue weighted by molar-refractivity contribution is 5.98. The van der Waals surface area contributed by atoms with E-state index in [-0.39, 0.29) is 0 Å². The van der Waals surface area contributed by atoms with Gasteiger partial charge in [0, 0.05) is 0 Å². The third kappa shape index (κ3) is 0.810. The summed E-state index contributed by atoms with van der Waals surface area (Å²) in [5.74, 6) is -1.61. The molecule has 0 saturated carbocycles. The van der Waals surface area contributed by atoms with E-state index >= 15 is 0 Å². The summed E-state index contributed by atoms with van der Waals surface area (Å²) in [6, 6.07) is -0.752. The third-order valence-corrected chi connectivity index (χ3v) is 1.38. The van der Waals surface area contributed by atoms with Crippen molar-refractivity contribution in [2.24, 2.45) is 11.7 Å². The number of cyclic esters (lactones) is 2. The number of rotatable bonds is 0. The molecule has 0 unspecified atom stereocenters. The number of esters is 2. The fourth-order valence-corrected chi connectivity index (χ4v) is 0.611. The molecule has 1 heterocycles. The van der Waals surface area contributed by atoms with Crippen molar-refractivity contribution in [2.75, 3.05) is 0 Å². The van der Waals surface area contributed by atoms with Crippen molar-refractivity contribution >= 4 is 11.9 Å². The second-order valence-corrected chi connectivity index (χ2v) is 2.05. The van der Waals surface area contributed by atoms with E-state index in [0.29, 0.717) is 0 Å². The van der Waals surface area contributed by atoms with Crippen molar-refractivity contribution in [3.05, 3.63) is 0 Å². The van der Waals surface area contributed by atoms with Gasteiger partial charge in [-0.3, -0.25) is 4.79 Å². The van der Waals surface area contributed by atoms with E-state index in [1.54, 1.807) is 6.92 Å². The predicted molar refractivity (Wildman–Crippen MR) is 28.2 cm³/mol. The van der Waals surface area contributed by atoms with Crippen LogP contribution in [0.25, 0.3) is 0 Å². The molecule has 0 spiro atoms. The third-order valence-electron chi connectivity index (χ3n) is 1.38. The monoisotopic (exact) mass is 129 g/mol. The molecule has 1 fully saturated rings. The minimum absolute atomic E-state index is 0.475. The molecular weight excluding hydrogens is 122 g/mol. The largest absolute Gasteiger partial charge is 0.392 e. The Morgan fingerprint density at radius 1 is 1.44 bits per heavy atom. The summed E-state index contributed by atoms with van der Waals surface area (Å²) >= 11 is 0. The van der Waals surface area contributed by atoms with Crippen LogP contribution in [0, 0.1) is 5.92 Å². The van der Waals surface area contributed by atoms with Crippen LogP contribution in [0.2, 0.25) is 0 Å². The normalized spacial score (nSPS) is 34.9. The lowest BCUT2D eigenvalue weighted by molar-refractivity contribution is -0.153. The molecule has 0 aromatic carbocycles. The van der Waals surface area contributed by atoms with Gasteiger partial charge in [0.2, 0.25) is 0 Å². The SMILES string of the molecule is C[C@@H]1C(=O)OC(=O)[C@@H]1N. The molecule has 1 aliphatic heterocycles. The average molecular weight is 129 g/mol. The molecule has 0 amide bonds. The van der Waals surface area contributed by atoms with E-state index in [9.17, 15) is 9.59 Å². The standard InChI is InChI=1S/C5H7NO3/c1-2-3(6)5(8)9-4(2)7/h2-3H,6H2,1H3/t2-,3+/m0/s1. The van der Waals surface area contributed by atoms with Gasteiger partial charge in [-0.05, 0) is 6.92 Å². The number of carbonyl (C=O) groups excluding carboxylic acids is 2. The van der Waals surface area contributed by atoms with Crippen molar-refractivity contribution in [3.63, 3.8) is 0 Å². The summed E-state index contributed by atoms with van der Waals surface area (Å²) in [4.78, 5) is 20.9. The van der Waals surface area contributed by atoms with Gasteiger partial charge in [-0.15, -0.1) is 0 Å². The number of ether oxygens (including phenoxy) is 1. The van der Waals surface area contributed by atoms with Crippen molar-refractivity contribution in [1.82, 2.24) is 0 Å². The molecule has 1 aliphatic rings. The van der Waals surface area contributed by atoms with Crippen LogP contribution in [-0.4, -0.2) is 18.0 Å². The Bertz CT molecular complexity index is 148. The number of carbonyl (C=O) groups is 2. The van der Waals surface area contributed by atoms with E-state index in [0.717, 1.165) is 0 Å². The highest BCUT2D eigenvalue weighted by Gasteiger charge is 2.38. The van der Waals surface area contributed by atoms with E-state index in [2.05, 4.69) is 4.74 Å². The lowest BCUT2D eigenvalue weighted by Crippen LogP contribution is -2.31. The zero-order valence-corrected chi connectivity index (χ0v) is 4.96. The first-order valence-electron chi connectivity index (χ1n) is 2.64. The molecule has 1 rings (SSSR count). The molecule has 2 N–H and O–H groups in total. The summed E-state index contributed by atoms with van der Waals surface area (Å²) in [6.45, 7) is 1.57. The second-order valence-electron chi connectivity index (χ2n) is 2.05. The fourth-order valence-electron chi connectivity index (χ4n) is 0.611. The highest BCUT2D eigenvalue weighted by atomic mass is 16.6. The predicted octanol–water partition coefficient (Wildman–Crippen LogP) is -0.967. The summed E-state index contributed by atoms with van der Waals surface area (Å²) in [7, 11) is 0. The highest BCUT2D eigenvalue weighted by Crippen LogP contribution is 2.12. The van der Waals surface area contributed by atoms with Crippen molar-refractivity contribution in [1.29, 1.82) is 0 Å².